The van der Waals surface area contributed by atoms with Crippen LogP contribution >= 0.6 is 11.8 Å². The number of amides is 1. The first-order chi connectivity index (χ1) is 12.2. The van der Waals surface area contributed by atoms with Gasteiger partial charge in [-0.15, -0.1) is 10.2 Å². The number of para-hydroxylation sites is 1. The smallest absolute Gasteiger partial charge is 0.277 e. The minimum atomic E-state index is -0.247. The van der Waals surface area contributed by atoms with Crippen LogP contribution in [-0.4, -0.2) is 21.9 Å². The second-order valence-corrected chi connectivity index (χ2v) is 6.16. The number of carbonyl (C=O) groups is 1. The fraction of sp³-hybridized carbons (Fsp3) is 0.111. The number of aryl methyl sites for hydroxylation is 1. The zero-order valence-electron chi connectivity index (χ0n) is 13.4. The maximum Gasteiger partial charge on any atom is 0.277 e. The first-order valence-corrected chi connectivity index (χ1v) is 8.46. The van der Waals surface area contributed by atoms with E-state index in [4.69, 9.17) is 9.68 Å². The van der Waals surface area contributed by atoms with Crippen molar-refractivity contribution in [1.82, 2.24) is 10.2 Å². The predicted molar refractivity (Wildman–Crippen MR) is 95.0 cm³/mol. The summed E-state index contributed by atoms with van der Waals surface area (Å²) < 4.78 is 5.58. The molecule has 0 atom stereocenters. The molecule has 0 saturated heterocycles. The van der Waals surface area contributed by atoms with Crippen molar-refractivity contribution in [2.45, 2.75) is 12.1 Å². The van der Waals surface area contributed by atoms with Gasteiger partial charge in [0.2, 0.25) is 11.8 Å². The van der Waals surface area contributed by atoms with Crippen LogP contribution < -0.4 is 5.32 Å². The van der Waals surface area contributed by atoms with Gasteiger partial charge < -0.3 is 9.73 Å². The van der Waals surface area contributed by atoms with Crippen molar-refractivity contribution in [3.05, 3.63) is 59.7 Å². The van der Waals surface area contributed by atoms with Gasteiger partial charge >= 0.3 is 0 Å². The Bertz CT molecular complexity index is 946. The lowest BCUT2D eigenvalue weighted by molar-refractivity contribution is -0.113. The quantitative estimate of drug-likeness (QED) is 0.706. The maximum atomic E-state index is 12.0. The summed E-state index contributed by atoms with van der Waals surface area (Å²) in [6.07, 6.45) is 0. The van der Waals surface area contributed by atoms with Crippen molar-refractivity contribution in [1.29, 1.82) is 5.26 Å². The maximum absolute atomic E-state index is 12.0. The molecule has 1 N–H and O–H groups in total. The molecule has 7 heteroatoms. The molecule has 0 bridgehead atoms. The summed E-state index contributed by atoms with van der Waals surface area (Å²) in [5.41, 5.74) is 2.84. The fourth-order valence-electron chi connectivity index (χ4n) is 2.17. The van der Waals surface area contributed by atoms with Gasteiger partial charge in [-0.3, -0.25) is 4.79 Å². The second kappa shape index (κ2) is 7.64. The van der Waals surface area contributed by atoms with Crippen LogP contribution in [0.25, 0.3) is 11.5 Å². The SMILES string of the molecule is Cc1cccc(-c2nnc(SCC(=O)Nc3ccccc3C#N)o2)c1. The second-order valence-electron chi connectivity index (χ2n) is 5.24. The predicted octanol–water partition coefficient (Wildman–Crippen LogP) is 3.65. The van der Waals surface area contributed by atoms with Crippen molar-refractivity contribution in [2.75, 3.05) is 11.1 Å². The topological polar surface area (TPSA) is 91.8 Å². The molecule has 0 aliphatic heterocycles. The number of nitriles is 1. The third-order valence-corrected chi connectivity index (χ3v) is 4.14. The van der Waals surface area contributed by atoms with Crippen molar-refractivity contribution in [3.8, 4) is 17.5 Å². The van der Waals surface area contributed by atoms with Crippen LogP contribution in [0, 0.1) is 18.3 Å². The molecule has 0 spiro atoms. The molecule has 6 nitrogen and oxygen atoms in total. The van der Waals surface area contributed by atoms with Gasteiger partial charge in [0.15, 0.2) is 0 Å². The van der Waals surface area contributed by atoms with Gasteiger partial charge in [-0.2, -0.15) is 5.26 Å². The number of nitrogens with zero attached hydrogens (tertiary/aromatic N) is 3. The van der Waals surface area contributed by atoms with Crippen LogP contribution in [0.15, 0.2) is 58.2 Å². The summed E-state index contributed by atoms with van der Waals surface area (Å²) in [6.45, 7) is 1.99. The van der Waals surface area contributed by atoms with E-state index in [0.717, 1.165) is 22.9 Å². The van der Waals surface area contributed by atoms with Crippen molar-refractivity contribution in [2.24, 2.45) is 0 Å². The average Bonchev–Trinajstić information content (AvgIpc) is 3.09. The minimum absolute atomic E-state index is 0.106. The lowest BCUT2D eigenvalue weighted by Crippen LogP contribution is -2.14. The molecule has 0 radical (unpaired) electrons. The van der Waals surface area contributed by atoms with E-state index in [1.54, 1.807) is 24.3 Å². The number of hydrogen-bond acceptors (Lipinski definition) is 6. The van der Waals surface area contributed by atoms with Crippen LogP contribution in [0.1, 0.15) is 11.1 Å². The molecule has 1 heterocycles. The Labute approximate surface area is 148 Å². The molecule has 3 rings (SSSR count). The summed E-state index contributed by atoms with van der Waals surface area (Å²) >= 11 is 1.15. The lowest BCUT2D eigenvalue weighted by atomic mass is 10.1. The summed E-state index contributed by atoms with van der Waals surface area (Å²) in [6, 6.07) is 16.6. The third-order valence-electron chi connectivity index (χ3n) is 3.32. The summed E-state index contributed by atoms with van der Waals surface area (Å²) in [4.78, 5) is 12.0. The molecule has 0 unspecified atom stereocenters. The summed E-state index contributed by atoms with van der Waals surface area (Å²) in [7, 11) is 0. The van der Waals surface area contributed by atoms with E-state index in [1.807, 2.05) is 37.3 Å². The van der Waals surface area contributed by atoms with Crippen LogP contribution in [0.5, 0.6) is 0 Å². The number of aromatic nitrogens is 2. The number of carbonyl (C=O) groups excluding carboxylic acids is 1. The molecule has 1 amide bonds. The Morgan fingerprint density at radius 2 is 2.08 bits per heavy atom. The highest BCUT2D eigenvalue weighted by molar-refractivity contribution is 7.99. The van der Waals surface area contributed by atoms with Gasteiger partial charge in [-0.25, -0.2) is 0 Å². The zero-order chi connectivity index (χ0) is 17.6. The molecule has 25 heavy (non-hydrogen) atoms. The number of thioether (sulfide) groups is 1. The molecule has 2 aromatic carbocycles. The van der Waals surface area contributed by atoms with Crippen LogP contribution in [0.3, 0.4) is 0 Å². The third kappa shape index (κ3) is 4.25. The van der Waals surface area contributed by atoms with Crippen molar-refractivity contribution in [3.63, 3.8) is 0 Å². The van der Waals surface area contributed by atoms with Gasteiger partial charge in [-0.1, -0.05) is 41.6 Å². The Morgan fingerprint density at radius 1 is 1.24 bits per heavy atom. The van der Waals surface area contributed by atoms with Crippen molar-refractivity contribution >= 4 is 23.4 Å². The molecule has 0 aliphatic carbocycles. The number of hydrogen-bond donors (Lipinski definition) is 1. The van der Waals surface area contributed by atoms with E-state index in [0.29, 0.717) is 22.4 Å². The highest BCUT2D eigenvalue weighted by Crippen LogP contribution is 2.24. The normalized spacial score (nSPS) is 10.2. The molecular weight excluding hydrogens is 336 g/mol. The fourth-order valence-corrected chi connectivity index (χ4v) is 2.73. The Morgan fingerprint density at radius 3 is 2.88 bits per heavy atom. The van der Waals surface area contributed by atoms with Crippen LogP contribution in [0.4, 0.5) is 5.69 Å². The molecule has 1 aromatic heterocycles. The van der Waals surface area contributed by atoms with Gasteiger partial charge in [-0.05, 0) is 31.2 Å². The summed E-state index contributed by atoms with van der Waals surface area (Å²) in [5.74, 6) is 0.277. The lowest BCUT2D eigenvalue weighted by Gasteiger charge is -2.05. The first kappa shape index (κ1) is 16.7. The summed E-state index contributed by atoms with van der Waals surface area (Å²) in [5, 5.41) is 20.0. The molecule has 3 aromatic rings. The van der Waals surface area contributed by atoms with Crippen LogP contribution in [0.2, 0.25) is 0 Å². The van der Waals surface area contributed by atoms with Gasteiger partial charge in [0.05, 0.1) is 17.0 Å². The molecule has 0 saturated carbocycles. The Hall–Kier alpha value is -3.11. The van der Waals surface area contributed by atoms with E-state index in [-0.39, 0.29) is 11.7 Å². The van der Waals surface area contributed by atoms with E-state index < -0.39 is 0 Å². The highest BCUT2D eigenvalue weighted by Gasteiger charge is 2.12. The largest absolute Gasteiger partial charge is 0.411 e. The minimum Gasteiger partial charge on any atom is -0.411 e. The Kier molecular flexibility index (Phi) is 5.11. The standard InChI is InChI=1S/C18H14N4O2S/c1-12-5-4-7-13(9-12)17-21-22-18(24-17)25-11-16(23)20-15-8-3-2-6-14(15)10-19/h2-9H,11H2,1H3,(H,20,23). The van der Waals surface area contributed by atoms with E-state index >= 15 is 0 Å². The monoisotopic (exact) mass is 350 g/mol. The van der Waals surface area contributed by atoms with Crippen molar-refractivity contribution < 1.29 is 9.21 Å². The molecular formula is C18H14N4O2S. The number of rotatable bonds is 5. The molecule has 124 valence electrons. The van der Waals surface area contributed by atoms with Crippen LogP contribution in [-0.2, 0) is 4.79 Å². The molecule has 0 aliphatic rings. The molecule has 0 fully saturated rings. The Balaban J connectivity index is 1.61. The number of nitrogens with one attached hydrogen (secondary N) is 1. The van der Waals surface area contributed by atoms with E-state index in [1.165, 1.54) is 0 Å². The highest BCUT2D eigenvalue weighted by atomic mass is 32.2. The number of anilines is 1. The van der Waals surface area contributed by atoms with Gasteiger partial charge in [0.25, 0.3) is 5.22 Å². The van der Waals surface area contributed by atoms with Gasteiger partial charge in [0.1, 0.15) is 6.07 Å². The van der Waals surface area contributed by atoms with E-state index in [2.05, 4.69) is 15.5 Å². The first-order valence-electron chi connectivity index (χ1n) is 7.48. The van der Waals surface area contributed by atoms with Gasteiger partial charge in [0, 0.05) is 5.56 Å². The van der Waals surface area contributed by atoms with E-state index in [9.17, 15) is 4.79 Å². The number of benzene rings is 2. The zero-order valence-corrected chi connectivity index (χ0v) is 14.2. The average molecular weight is 350 g/mol.